The molecule has 3 heteroatoms. The van der Waals surface area contributed by atoms with Crippen LogP contribution in [-0.4, -0.2) is 18.9 Å². The highest BCUT2D eigenvalue weighted by Gasteiger charge is 2.40. The number of ether oxygens (including phenoxy) is 1. The summed E-state index contributed by atoms with van der Waals surface area (Å²) in [5.41, 5.74) is 8.16. The maximum absolute atomic E-state index is 12.7. The van der Waals surface area contributed by atoms with Gasteiger partial charge in [-0.2, -0.15) is 0 Å². The molecule has 0 saturated heterocycles. The normalized spacial score (nSPS) is 24.4. The molecule has 1 heterocycles. The van der Waals surface area contributed by atoms with Gasteiger partial charge in [-0.25, -0.2) is 0 Å². The zero-order chi connectivity index (χ0) is 14.0. The summed E-state index contributed by atoms with van der Waals surface area (Å²) in [5.74, 6) is 0.305. The van der Waals surface area contributed by atoms with Gasteiger partial charge in [0.15, 0.2) is 0 Å². The molecule has 0 bridgehead atoms. The fraction of sp³-hybridized carbons (Fsp3) is 0.588. The third-order valence-electron chi connectivity index (χ3n) is 5.01. The van der Waals surface area contributed by atoms with Gasteiger partial charge in [0.05, 0.1) is 12.7 Å². The van der Waals surface area contributed by atoms with E-state index in [0.29, 0.717) is 25.4 Å². The van der Waals surface area contributed by atoms with Crippen LogP contribution in [0.4, 0.5) is 0 Å². The minimum Gasteiger partial charge on any atom is -0.373 e. The Labute approximate surface area is 120 Å². The average molecular weight is 273 g/mol. The molecule has 0 spiro atoms. The van der Waals surface area contributed by atoms with E-state index in [2.05, 4.69) is 18.2 Å². The topological polar surface area (TPSA) is 52.3 Å². The highest BCUT2D eigenvalue weighted by atomic mass is 16.5. The zero-order valence-corrected chi connectivity index (χ0v) is 11.9. The molecule has 2 N–H and O–H groups in total. The van der Waals surface area contributed by atoms with Crippen molar-refractivity contribution in [3.63, 3.8) is 0 Å². The van der Waals surface area contributed by atoms with E-state index in [0.717, 1.165) is 32.1 Å². The van der Waals surface area contributed by atoms with Crippen LogP contribution in [0.15, 0.2) is 24.3 Å². The highest BCUT2D eigenvalue weighted by Crippen LogP contribution is 2.41. The molecule has 1 unspecified atom stereocenters. The monoisotopic (exact) mass is 273 g/mol. The van der Waals surface area contributed by atoms with E-state index in [1.165, 1.54) is 11.1 Å². The summed E-state index contributed by atoms with van der Waals surface area (Å²) in [6.45, 7) is 1.20. The first-order chi connectivity index (χ1) is 9.75. The smallest absolute Gasteiger partial charge is 0.143 e. The van der Waals surface area contributed by atoms with Gasteiger partial charge in [-0.05, 0) is 30.4 Å². The predicted molar refractivity (Wildman–Crippen MR) is 78.4 cm³/mol. The van der Waals surface area contributed by atoms with E-state index >= 15 is 0 Å². The largest absolute Gasteiger partial charge is 0.373 e. The van der Waals surface area contributed by atoms with Crippen molar-refractivity contribution >= 4 is 5.78 Å². The lowest BCUT2D eigenvalue weighted by Gasteiger charge is -2.30. The molecule has 1 aromatic carbocycles. The van der Waals surface area contributed by atoms with Gasteiger partial charge in [0, 0.05) is 18.4 Å². The summed E-state index contributed by atoms with van der Waals surface area (Å²) in [7, 11) is 0. The number of hydrogen-bond acceptors (Lipinski definition) is 3. The second kappa shape index (κ2) is 5.66. The lowest BCUT2D eigenvalue weighted by molar-refractivity contribution is -0.131. The van der Waals surface area contributed by atoms with Crippen LogP contribution in [0.25, 0.3) is 0 Å². The number of carbonyl (C=O) groups is 1. The third kappa shape index (κ3) is 2.40. The van der Waals surface area contributed by atoms with Gasteiger partial charge in [0.25, 0.3) is 0 Å². The van der Waals surface area contributed by atoms with Crippen molar-refractivity contribution in [2.24, 2.45) is 11.1 Å². The van der Waals surface area contributed by atoms with Crippen LogP contribution in [0.5, 0.6) is 0 Å². The number of hydrogen-bond donors (Lipinski definition) is 1. The Morgan fingerprint density at radius 2 is 2.05 bits per heavy atom. The highest BCUT2D eigenvalue weighted by molar-refractivity contribution is 5.86. The van der Waals surface area contributed by atoms with Crippen LogP contribution in [-0.2, 0) is 16.0 Å². The standard InChI is InChI=1S/C17H23NO2/c18-12-17(8-3-4-9-17)16(19)11-15-14-6-2-1-5-13(14)7-10-20-15/h1-2,5-6,15H,3-4,7-12,18H2. The molecular weight excluding hydrogens is 250 g/mol. The van der Waals surface area contributed by atoms with Crippen molar-refractivity contribution < 1.29 is 9.53 Å². The Balaban J connectivity index is 1.77. The molecule has 20 heavy (non-hydrogen) atoms. The summed E-state index contributed by atoms with van der Waals surface area (Å²) in [4.78, 5) is 12.7. The van der Waals surface area contributed by atoms with Crippen molar-refractivity contribution in [1.29, 1.82) is 0 Å². The Morgan fingerprint density at radius 1 is 1.30 bits per heavy atom. The third-order valence-corrected chi connectivity index (χ3v) is 5.01. The molecule has 2 aliphatic rings. The van der Waals surface area contributed by atoms with E-state index in [1.54, 1.807) is 0 Å². The number of rotatable bonds is 4. The Kier molecular flexibility index (Phi) is 3.90. The number of ketones is 1. The molecule has 0 amide bonds. The summed E-state index contributed by atoms with van der Waals surface area (Å²) < 4.78 is 5.86. The second-order valence-electron chi connectivity index (χ2n) is 6.13. The van der Waals surface area contributed by atoms with Gasteiger partial charge in [-0.3, -0.25) is 4.79 Å². The molecule has 108 valence electrons. The number of benzene rings is 1. The van der Waals surface area contributed by atoms with E-state index in [1.807, 2.05) is 6.07 Å². The van der Waals surface area contributed by atoms with Crippen molar-refractivity contribution in [2.75, 3.05) is 13.2 Å². The van der Waals surface area contributed by atoms with Crippen molar-refractivity contribution in [3.05, 3.63) is 35.4 Å². The molecule has 1 aliphatic heterocycles. The first kappa shape index (κ1) is 13.8. The Bertz CT molecular complexity index is 492. The van der Waals surface area contributed by atoms with Crippen LogP contribution >= 0.6 is 0 Å². The molecule has 1 atom stereocenters. The number of Topliss-reactive ketones (excluding diaryl/α,β-unsaturated/α-hetero) is 1. The van der Waals surface area contributed by atoms with Gasteiger partial charge in [0.2, 0.25) is 0 Å². The first-order valence-electron chi connectivity index (χ1n) is 7.68. The summed E-state index contributed by atoms with van der Waals surface area (Å²) in [6, 6.07) is 8.32. The van der Waals surface area contributed by atoms with Crippen LogP contribution in [0.2, 0.25) is 0 Å². The lowest BCUT2D eigenvalue weighted by atomic mass is 9.78. The van der Waals surface area contributed by atoms with Gasteiger partial charge >= 0.3 is 0 Å². The van der Waals surface area contributed by atoms with Crippen LogP contribution in [0, 0.1) is 5.41 Å². The fourth-order valence-electron chi connectivity index (χ4n) is 3.68. The zero-order valence-electron chi connectivity index (χ0n) is 11.9. The maximum atomic E-state index is 12.7. The predicted octanol–water partition coefficient (Wildman–Crippen LogP) is 2.78. The van der Waals surface area contributed by atoms with E-state index in [9.17, 15) is 4.79 Å². The molecule has 1 saturated carbocycles. The van der Waals surface area contributed by atoms with Crippen molar-refractivity contribution in [3.8, 4) is 0 Å². The molecule has 0 aromatic heterocycles. The number of carbonyl (C=O) groups excluding carboxylic acids is 1. The molecule has 3 rings (SSSR count). The van der Waals surface area contributed by atoms with Gasteiger partial charge < -0.3 is 10.5 Å². The number of fused-ring (bicyclic) bond motifs is 1. The molecule has 1 fully saturated rings. The van der Waals surface area contributed by atoms with Gasteiger partial charge in [-0.1, -0.05) is 37.1 Å². The van der Waals surface area contributed by atoms with Crippen LogP contribution in [0.1, 0.15) is 49.3 Å². The van der Waals surface area contributed by atoms with Crippen LogP contribution < -0.4 is 5.73 Å². The quantitative estimate of drug-likeness (QED) is 0.917. The maximum Gasteiger partial charge on any atom is 0.143 e. The number of nitrogens with two attached hydrogens (primary N) is 1. The van der Waals surface area contributed by atoms with Gasteiger partial charge in [-0.15, -0.1) is 0 Å². The molecule has 1 aliphatic carbocycles. The summed E-state index contributed by atoms with van der Waals surface area (Å²) in [6.07, 6.45) is 5.53. The minimum absolute atomic E-state index is 0.0727. The average Bonchev–Trinajstić information content (AvgIpc) is 2.98. The minimum atomic E-state index is -0.268. The summed E-state index contributed by atoms with van der Waals surface area (Å²) in [5, 5.41) is 0. The van der Waals surface area contributed by atoms with E-state index in [4.69, 9.17) is 10.5 Å². The summed E-state index contributed by atoms with van der Waals surface area (Å²) >= 11 is 0. The molecule has 0 radical (unpaired) electrons. The Hall–Kier alpha value is -1.19. The van der Waals surface area contributed by atoms with E-state index in [-0.39, 0.29) is 11.5 Å². The van der Waals surface area contributed by atoms with Gasteiger partial charge in [0.1, 0.15) is 5.78 Å². The fourth-order valence-corrected chi connectivity index (χ4v) is 3.68. The molecular formula is C17H23NO2. The second-order valence-corrected chi connectivity index (χ2v) is 6.13. The molecule has 3 nitrogen and oxygen atoms in total. The van der Waals surface area contributed by atoms with Crippen molar-refractivity contribution in [2.45, 2.75) is 44.6 Å². The molecule has 1 aromatic rings. The van der Waals surface area contributed by atoms with Crippen LogP contribution in [0.3, 0.4) is 0 Å². The lowest BCUT2D eigenvalue weighted by Crippen LogP contribution is -2.37. The van der Waals surface area contributed by atoms with Crippen molar-refractivity contribution in [1.82, 2.24) is 0 Å². The first-order valence-corrected chi connectivity index (χ1v) is 7.68. The van der Waals surface area contributed by atoms with E-state index < -0.39 is 0 Å². The Morgan fingerprint density at radius 3 is 2.80 bits per heavy atom. The SMILES string of the molecule is NCC1(C(=O)CC2OCCc3ccccc32)CCCC1.